The minimum atomic E-state index is 0.0460. The summed E-state index contributed by atoms with van der Waals surface area (Å²) in [6, 6.07) is 9.60. The third-order valence-corrected chi connectivity index (χ3v) is 2.15. The van der Waals surface area contributed by atoms with E-state index in [1.165, 1.54) is 0 Å². The molecule has 1 N–H and O–H groups in total. The Morgan fingerprint density at radius 1 is 1.35 bits per heavy atom. The molecule has 0 saturated carbocycles. The molecule has 92 valence electrons. The molecule has 0 bridgehead atoms. The number of hydrogen-bond donors (Lipinski definition) is 1. The van der Waals surface area contributed by atoms with Gasteiger partial charge in [0.1, 0.15) is 5.75 Å². The van der Waals surface area contributed by atoms with Crippen molar-refractivity contribution in [3.8, 4) is 5.75 Å². The molecule has 0 heterocycles. The topological polar surface area (TPSA) is 38.3 Å². The second-order valence-corrected chi connectivity index (χ2v) is 4.00. The number of rotatable bonds is 7. The minimum absolute atomic E-state index is 0.0460. The van der Waals surface area contributed by atoms with Gasteiger partial charge in [-0.2, -0.15) is 0 Å². The molecule has 17 heavy (non-hydrogen) atoms. The van der Waals surface area contributed by atoms with Gasteiger partial charge in [-0.05, 0) is 25.5 Å². The number of carbonyl (C=O) groups excluding carboxylic acids is 1. The molecule has 0 unspecified atom stereocenters. The first kappa shape index (κ1) is 13.3. The monoisotopic (exact) mass is 233 g/mol. The number of ether oxygens (including phenoxy) is 1. The zero-order valence-corrected chi connectivity index (χ0v) is 10.2. The Kier molecular flexibility index (Phi) is 5.86. The van der Waals surface area contributed by atoms with Crippen molar-refractivity contribution < 1.29 is 9.53 Å². The summed E-state index contributed by atoms with van der Waals surface area (Å²) in [4.78, 5) is 11.4. The van der Waals surface area contributed by atoms with Crippen LogP contribution in [0.1, 0.15) is 19.8 Å². The Hall–Kier alpha value is -1.77. The van der Waals surface area contributed by atoms with E-state index in [9.17, 15) is 4.79 Å². The van der Waals surface area contributed by atoms with Gasteiger partial charge in [-0.1, -0.05) is 30.4 Å². The van der Waals surface area contributed by atoms with E-state index in [1.54, 1.807) is 0 Å². The lowest BCUT2D eigenvalue weighted by Gasteiger charge is -2.06. The van der Waals surface area contributed by atoms with Gasteiger partial charge in [0.25, 0.3) is 0 Å². The van der Waals surface area contributed by atoms with Crippen LogP contribution in [0, 0.1) is 0 Å². The summed E-state index contributed by atoms with van der Waals surface area (Å²) >= 11 is 0. The molecule has 0 saturated heterocycles. The average molecular weight is 233 g/mol. The quantitative estimate of drug-likeness (QED) is 0.580. The van der Waals surface area contributed by atoms with E-state index >= 15 is 0 Å². The summed E-state index contributed by atoms with van der Waals surface area (Å²) in [5, 5.41) is 2.79. The zero-order valence-electron chi connectivity index (χ0n) is 10.2. The first-order valence-electron chi connectivity index (χ1n) is 5.77. The molecule has 1 amide bonds. The van der Waals surface area contributed by atoms with Crippen molar-refractivity contribution in [1.82, 2.24) is 5.32 Å². The van der Waals surface area contributed by atoms with Gasteiger partial charge in [-0.15, -0.1) is 0 Å². The van der Waals surface area contributed by atoms with Crippen molar-refractivity contribution in [2.75, 3.05) is 13.2 Å². The van der Waals surface area contributed by atoms with Gasteiger partial charge in [0.2, 0.25) is 5.91 Å². The molecule has 1 rings (SSSR count). The van der Waals surface area contributed by atoms with Crippen LogP contribution in [-0.4, -0.2) is 19.1 Å². The molecule has 0 aromatic heterocycles. The highest BCUT2D eigenvalue weighted by atomic mass is 16.5. The summed E-state index contributed by atoms with van der Waals surface area (Å²) in [5.74, 6) is 0.888. The second kappa shape index (κ2) is 7.49. The van der Waals surface area contributed by atoms with Crippen LogP contribution in [-0.2, 0) is 4.79 Å². The van der Waals surface area contributed by atoms with Crippen LogP contribution in [0.4, 0.5) is 0 Å². The van der Waals surface area contributed by atoms with Crippen LogP contribution in [0.15, 0.2) is 42.5 Å². The Bertz CT molecular complexity index is 360. The summed E-state index contributed by atoms with van der Waals surface area (Å²) in [6.07, 6.45) is 1.21. The van der Waals surface area contributed by atoms with E-state index in [0.717, 1.165) is 17.7 Å². The van der Waals surface area contributed by atoms with Gasteiger partial charge >= 0.3 is 0 Å². The van der Waals surface area contributed by atoms with Crippen LogP contribution >= 0.6 is 0 Å². The molecule has 0 spiro atoms. The molecule has 3 nitrogen and oxygen atoms in total. The molecule has 1 aromatic carbocycles. The van der Waals surface area contributed by atoms with Gasteiger partial charge < -0.3 is 10.1 Å². The standard InChI is InChI=1S/C14H19NO2/c1-12(2)11-15-14(16)9-6-10-17-13-7-4-3-5-8-13/h3-5,7-8H,1,6,9-11H2,2H3,(H,15,16). The van der Waals surface area contributed by atoms with E-state index < -0.39 is 0 Å². The number of nitrogens with one attached hydrogen (secondary N) is 1. The smallest absolute Gasteiger partial charge is 0.220 e. The maximum absolute atomic E-state index is 11.4. The summed E-state index contributed by atoms with van der Waals surface area (Å²) < 4.78 is 5.48. The highest BCUT2D eigenvalue weighted by molar-refractivity contribution is 5.76. The van der Waals surface area contributed by atoms with E-state index in [4.69, 9.17) is 4.74 Å². The first-order valence-corrected chi connectivity index (χ1v) is 5.77. The zero-order chi connectivity index (χ0) is 12.5. The Morgan fingerprint density at radius 2 is 2.06 bits per heavy atom. The fourth-order valence-corrected chi connectivity index (χ4v) is 1.28. The molecule has 0 aliphatic carbocycles. The summed E-state index contributed by atoms with van der Waals surface area (Å²) in [6.45, 7) is 6.73. The van der Waals surface area contributed by atoms with Crippen molar-refractivity contribution >= 4 is 5.91 Å². The van der Waals surface area contributed by atoms with Crippen LogP contribution in [0.2, 0.25) is 0 Å². The number of para-hydroxylation sites is 1. The highest BCUT2D eigenvalue weighted by Crippen LogP contribution is 2.08. The maximum atomic E-state index is 11.4. The lowest BCUT2D eigenvalue weighted by atomic mass is 10.3. The molecule has 0 atom stereocenters. The molecular weight excluding hydrogens is 214 g/mol. The van der Waals surface area contributed by atoms with Gasteiger partial charge in [-0.3, -0.25) is 4.79 Å². The molecule has 0 radical (unpaired) electrons. The van der Waals surface area contributed by atoms with Gasteiger partial charge in [0.15, 0.2) is 0 Å². The molecule has 0 aliphatic rings. The minimum Gasteiger partial charge on any atom is -0.494 e. The first-order chi connectivity index (χ1) is 8.18. The van der Waals surface area contributed by atoms with E-state index in [2.05, 4.69) is 11.9 Å². The third-order valence-electron chi connectivity index (χ3n) is 2.15. The van der Waals surface area contributed by atoms with Gasteiger partial charge in [-0.25, -0.2) is 0 Å². The van der Waals surface area contributed by atoms with Crippen LogP contribution in [0.5, 0.6) is 5.75 Å². The molecule has 0 fully saturated rings. The molecule has 1 aromatic rings. The fraction of sp³-hybridized carbons (Fsp3) is 0.357. The SMILES string of the molecule is C=C(C)CNC(=O)CCCOc1ccccc1. The van der Waals surface area contributed by atoms with E-state index in [1.807, 2.05) is 37.3 Å². The third kappa shape index (κ3) is 6.40. The van der Waals surface area contributed by atoms with Crippen LogP contribution in [0.3, 0.4) is 0 Å². The van der Waals surface area contributed by atoms with Gasteiger partial charge in [0.05, 0.1) is 6.61 Å². The van der Waals surface area contributed by atoms with Crippen molar-refractivity contribution in [1.29, 1.82) is 0 Å². The second-order valence-electron chi connectivity index (χ2n) is 4.00. The predicted octanol–water partition coefficient (Wildman–Crippen LogP) is 2.54. The fourth-order valence-electron chi connectivity index (χ4n) is 1.28. The largest absolute Gasteiger partial charge is 0.494 e. The van der Waals surface area contributed by atoms with Crippen molar-refractivity contribution in [2.24, 2.45) is 0 Å². The Morgan fingerprint density at radius 3 is 2.71 bits per heavy atom. The molecular formula is C14H19NO2. The highest BCUT2D eigenvalue weighted by Gasteiger charge is 2.00. The average Bonchev–Trinajstić information content (AvgIpc) is 2.33. The van der Waals surface area contributed by atoms with Crippen molar-refractivity contribution in [3.05, 3.63) is 42.5 Å². The van der Waals surface area contributed by atoms with Crippen LogP contribution in [0.25, 0.3) is 0 Å². The lowest BCUT2D eigenvalue weighted by molar-refractivity contribution is -0.121. The summed E-state index contributed by atoms with van der Waals surface area (Å²) in [5.41, 5.74) is 0.957. The van der Waals surface area contributed by atoms with Crippen molar-refractivity contribution in [3.63, 3.8) is 0 Å². The Labute approximate surface area is 102 Å². The van der Waals surface area contributed by atoms with Gasteiger partial charge in [0, 0.05) is 13.0 Å². The molecule has 3 heteroatoms. The van der Waals surface area contributed by atoms with E-state index in [-0.39, 0.29) is 5.91 Å². The molecule has 0 aliphatic heterocycles. The number of amides is 1. The number of benzene rings is 1. The maximum Gasteiger partial charge on any atom is 0.220 e. The van der Waals surface area contributed by atoms with E-state index in [0.29, 0.717) is 19.6 Å². The van der Waals surface area contributed by atoms with Crippen molar-refractivity contribution in [2.45, 2.75) is 19.8 Å². The number of hydrogen-bond acceptors (Lipinski definition) is 2. The predicted molar refractivity (Wildman–Crippen MR) is 69.0 cm³/mol. The lowest BCUT2D eigenvalue weighted by Crippen LogP contribution is -2.24. The number of carbonyl (C=O) groups is 1. The summed E-state index contributed by atoms with van der Waals surface area (Å²) in [7, 11) is 0. The van der Waals surface area contributed by atoms with Crippen LogP contribution < -0.4 is 10.1 Å². The normalized spacial score (nSPS) is 9.71. The Balaban J connectivity index is 2.08.